The zero-order chi connectivity index (χ0) is 11.4. The van der Waals surface area contributed by atoms with Crippen LogP contribution in [-0.4, -0.2) is 29.0 Å². The van der Waals surface area contributed by atoms with Crippen molar-refractivity contribution >= 4 is 0 Å². The van der Waals surface area contributed by atoms with Gasteiger partial charge < -0.3 is 10.1 Å². The van der Waals surface area contributed by atoms with Gasteiger partial charge in [-0.15, -0.1) is 0 Å². The van der Waals surface area contributed by atoms with Gasteiger partial charge in [-0.3, -0.25) is 4.68 Å². The van der Waals surface area contributed by atoms with Gasteiger partial charge in [0.1, 0.15) is 0 Å². The van der Waals surface area contributed by atoms with Crippen molar-refractivity contribution in [3.63, 3.8) is 0 Å². The number of aromatic nitrogens is 2. The number of ether oxygens (including phenoxy) is 1. The lowest BCUT2D eigenvalue weighted by molar-refractivity contribution is 0.00576. The molecule has 0 saturated carbocycles. The molecule has 1 N–H and O–H groups in total. The molecule has 1 aromatic rings. The summed E-state index contributed by atoms with van der Waals surface area (Å²) < 4.78 is 7.75. The maximum absolute atomic E-state index is 5.69. The minimum Gasteiger partial charge on any atom is -0.369 e. The number of nitrogens with one attached hydrogen (secondary N) is 1. The van der Waals surface area contributed by atoms with E-state index in [2.05, 4.69) is 41.2 Å². The van der Waals surface area contributed by atoms with Gasteiger partial charge in [0.05, 0.1) is 24.4 Å². The molecular weight excluding hydrogens is 202 g/mol. The zero-order valence-corrected chi connectivity index (χ0v) is 10.1. The van der Waals surface area contributed by atoms with E-state index in [9.17, 15) is 0 Å². The van der Waals surface area contributed by atoms with Crippen molar-refractivity contribution in [3.05, 3.63) is 18.0 Å². The molecule has 4 nitrogen and oxygen atoms in total. The molecule has 90 valence electrons. The molecule has 1 saturated heterocycles. The SMILES string of the molecule is CCC(CC)n1ccc(COC2CNC2)n1. The molecule has 1 aliphatic heterocycles. The Labute approximate surface area is 97.0 Å². The largest absolute Gasteiger partial charge is 0.369 e. The van der Waals surface area contributed by atoms with Gasteiger partial charge in [-0.25, -0.2) is 0 Å². The second kappa shape index (κ2) is 5.46. The average molecular weight is 223 g/mol. The molecule has 2 heterocycles. The van der Waals surface area contributed by atoms with Crippen LogP contribution in [0.25, 0.3) is 0 Å². The summed E-state index contributed by atoms with van der Waals surface area (Å²) in [5, 5.41) is 7.74. The summed E-state index contributed by atoms with van der Waals surface area (Å²) in [6, 6.07) is 2.59. The van der Waals surface area contributed by atoms with Crippen LogP contribution < -0.4 is 5.32 Å². The van der Waals surface area contributed by atoms with Gasteiger partial charge in [0.25, 0.3) is 0 Å². The lowest BCUT2D eigenvalue weighted by atomic mass is 10.2. The maximum Gasteiger partial charge on any atom is 0.0911 e. The number of hydrogen-bond donors (Lipinski definition) is 1. The van der Waals surface area contributed by atoms with Gasteiger partial charge in [-0.2, -0.15) is 5.10 Å². The summed E-state index contributed by atoms with van der Waals surface area (Å²) in [4.78, 5) is 0. The van der Waals surface area contributed by atoms with Gasteiger partial charge in [0.2, 0.25) is 0 Å². The summed E-state index contributed by atoms with van der Waals surface area (Å²) >= 11 is 0. The van der Waals surface area contributed by atoms with Crippen LogP contribution in [0.1, 0.15) is 38.4 Å². The fourth-order valence-electron chi connectivity index (χ4n) is 1.90. The lowest BCUT2D eigenvalue weighted by Gasteiger charge is -2.26. The molecule has 0 unspecified atom stereocenters. The van der Waals surface area contributed by atoms with Crippen molar-refractivity contribution in [3.8, 4) is 0 Å². The molecule has 2 rings (SSSR count). The monoisotopic (exact) mass is 223 g/mol. The molecule has 0 aliphatic carbocycles. The molecule has 1 aromatic heterocycles. The first-order chi connectivity index (χ1) is 7.83. The molecule has 0 radical (unpaired) electrons. The van der Waals surface area contributed by atoms with Crippen LogP contribution in [0.3, 0.4) is 0 Å². The highest BCUT2D eigenvalue weighted by atomic mass is 16.5. The highest BCUT2D eigenvalue weighted by Gasteiger charge is 2.17. The third-order valence-corrected chi connectivity index (χ3v) is 3.19. The van der Waals surface area contributed by atoms with Crippen molar-refractivity contribution in [2.24, 2.45) is 0 Å². The summed E-state index contributed by atoms with van der Waals surface area (Å²) in [5.41, 5.74) is 1.04. The highest BCUT2D eigenvalue weighted by molar-refractivity contribution is 4.98. The fourth-order valence-corrected chi connectivity index (χ4v) is 1.90. The fraction of sp³-hybridized carbons (Fsp3) is 0.750. The lowest BCUT2D eigenvalue weighted by Crippen LogP contribution is -2.48. The van der Waals surface area contributed by atoms with Crippen LogP contribution in [0.15, 0.2) is 12.3 Å². The highest BCUT2D eigenvalue weighted by Crippen LogP contribution is 2.15. The third-order valence-electron chi connectivity index (χ3n) is 3.19. The Morgan fingerprint density at radius 1 is 1.50 bits per heavy atom. The summed E-state index contributed by atoms with van der Waals surface area (Å²) in [6.45, 7) is 7.00. The smallest absolute Gasteiger partial charge is 0.0911 e. The van der Waals surface area contributed by atoms with Crippen LogP contribution in [0, 0.1) is 0 Å². The Kier molecular flexibility index (Phi) is 3.96. The van der Waals surface area contributed by atoms with Crippen LogP contribution in [0.5, 0.6) is 0 Å². The van der Waals surface area contributed by atoms with Gasteiger partial charge in [0.15, 0.2) is 0 Å². The van der Waals surface area contributed by atoms with E-state index in [1.54, 1.807) is 0 Å². The Morgan fingerprint density at radius 2 is 2.25 bits per heavy atom. The maximum atomic E-state index is 5.69. The first-order valence-corrected chi connectivity index (χ1v) is 6.19. The van der Waals surface area contributed by atoms with E-state index in [0.29, 0.717) is 18.8 Å². The molecule has 0 atom stereocenters. The van der Waals surface area contributed by atoms with Gasteiger partial charge >= 0.3 is 0 Å². The van der Waals surface area contributed by atoms with E-state index >= 15 is 0 Å². The minimum atomic E-state index is 0.387. The Hall–Kier alpha value is -0.870. The van der Waals surface area contributed by atoms with Crippen LogP contribution in [0.2, 0.25) is 0 Å². The van der Waals surface area contributed by atoms with Crippen molar-refractivity contribution in [1.82, 2.24) is 15.1 Å². The molecule has 0 amide bonds. The Bertz CT molecular complexity index is 316. The molecule has 4 heteroatoms. The van der Waals surface area contributed by atoms with Gasteiger partial charge in [0, 0.05) is 19.3 Å². The first kappa shape index (κ1) is 11.6. The number of nitrogens with zero attached hydrogens (tertiary/aromatic N) is 2. The van der Waals surface area contributed by atoms with Crippen molar-refractivity contribution < 1.29 is 4.74 Å². The van der Waals surface area contributed by atoms with Crippen molar-refractivity contribution in [2.75, 3.05) is 13.1 Å². The Balaban J connectivity index is 1.85. The van der Waals surface area contributed by atoms with Crippen molar-refractivity contribution in [1.29, 1.82) is 0 Å². The molecular formula is C12H21N3O. The Morgan fingerprint density at radius 3 is 2.81 bits per heavy atom. The van der Waals surface area contributed by atoms with E-state index in [1.807, 2.05) is 0 Å². The second-order valence-corrected chi connectivity index (χ2v) is 4.35. The predicted octanol–water partition coefficient (Wildman–Crippen LogP) is 1.73. The molecule has 0 spiro atoms. The van der Waals surface area contributed by atoms with Crippen LogP contribution >= 0.6 is 0 Å². The van der Waals surface area contributed by atoms with Gasteiger partial charge in [-0.1, -0.05) is 13.8 Å². The summed E-state index contributed by atoms with van der Waals surface area (Å²) in [7, 11) is 0. The normalized spacial score (nSPS) is 16.7. The summed E-state index contributed by atoms with van der Waals surface area (Å²) in [5.74, 6) is 0. The van der Waals surface area contributed by atoms with Crippen molar-refractivity contribution in [2.45, 2.75) is 45.4 Å². The number of hydrogen-bond acceptors (Lipinski definition) is 3. The minimum absolute atomic E-state index is 0.387. The quantitative estimate of drug-likeness (QED) is 0.798. The molecule has 0 bridgehead atoms. The average Bonchev–Trinajstić information content (AvgIpc) is 2.66. The number of rotatable bonds is 6. The second-order valence-electron chi connectivity index (χ2n) is 4.35. The molecule has 0 aromatic carbocycles. The van der Waals surface area contributed by atoms with E-state index in [4.69, 9.17) is 4.74 Å². The van der Waals surface area contributed by atoms with Gasteiger partial charge in [-0.05, 0) is 18.9 Å². The van der Waals surface area contributed by atoms with E-state index in [0.717, 1.165) is 31.6 Å². The first-order valence-electron chi connectivity index (χ1n) is 6.19. The summed E-state index contributed by atoms with van der Waals surface area (Å²) in [6.07, 6.45) is 4.71. The molecule has 1 fully saturated rings. The van der Waals surface area contributed by atoms with E-state index in [-0.39, 0.29) is 0 Å². The van der Waals surface area contributed by atoms with Crippen LogP contribution in [-0.2, 0) is 11.3 Å². The molecule has 16 heavy (non-hydrogen) atoms. The third kappa shape index (κ3) is 2.62. The standard InChI is InChI=1S/C12H21N3O/c1-3-11(4-2)15-6-5-10(14-15)9-16-12-7-13-8-12/h5-6,11-13H,3-4,7-9H2,1-2H3. The van der Waals surface area contributed by atoms with Crippen LogP contribution in [0.4, 0.5) is 0 Å². The van der Waals surface area contributed by atoms with E-state index in [1.165, 1.54) is 0 Å². The zero-order valence-electron chi connectivity index (χ0n) is 10.1. The molecule has 1 aliphatic rings. The topological polar surface area (TPSA) is 39.1 Å². The predicted molar refractivity (Wildman–Crippen MR) is 63.3 cm³/mol. The van der Waals surface area contributed by atoms with E-state index < -0.39 is 0 Å².